The van der Waals surface area contributed by atoms with E-state index in [1.54, 1.807) is 18.6 Å². The van der Waals surface area contributed by atoms with Crippen LogP contribution in [0, 0.1) is 25.2 Å². The van der Waals surface area contributed by atoms with Crippen LogP contribution >= 0.6 is 0 Å². The zero-order valence-electron chi connectivity index (χ0n) is 19.1. The van der Waals surface area contributed by atoms with Gasteiger partial charge in [-0.15, -0.1) is 0 Å². The van der Waals surface area contributed by atoms with Crippen LogP contribution in [0.25, 0.3) is 5.57 Å². The number of aromatic nitrogens is 1. The van der Waals surface area contributed by atoms with Gasteiger partial charge in [0.05, 0.1) is 5.56 Å². The molecule has 2 aliphatic rings. The second-order valence-electron chi connectivity index (χ2n) is 8.95. The van der Waals surface area contributed by atoms with Crippen molar-refractivity contribution in [1.29, 1.82) is 5.26 Å². The molecule has 0 radical (unpaired) electrons. The summed E-state index contributed by atoms with van der Waals surface area (Å²) in [4.78, 5) is 11.2. The zero-order chi connectivity index (χ0) is 22.7. The van der Waals surface area contributed by atoms with Crippen molar-refractivity contribution in [3.63, 3.8) is 0 Å². The second-order valence-corrected chi connectivity index (χ2v) is 8.95. The van der Waals surface area contributed by atoms with Crippen LogP contribution in [0.15, 0.2) is 47.7 Å². The summed E-state index contributed by atoms with van der Waals surface area (Å²) in [5.74, 6) is 1.13. The molecule has 1 unspecified atom stereocenters. The van der Waals surface area contributed by atoms with Gasteiger partial charge in [-0.2, -0.15) is 5.26 Å². The first-order chi connectivity index (χ1) is 15.5. The Labute approximate surface area is 191 Å². The summed E-state index contributed by atoms with van der Waals surface area (Å²) in [5, 5.41) is 9.06. The molecule has 2 heterocycles. The van der Waals surface area contributed by atoms with Gasteiger partial charge in [0.1, 0.15) is 6.07 Å². The van der Waals surface area contributed by atoms with Crippen molar-refractivity contribution >= 4 is 17.6 Å². The van der Waals surface area contributed by atoms with Crippen LogP contribution < -0.4 is 5.73 Å². The Morgan fingerprint density at radius 3 is 2.97 bits per heavy atom. The van der Waals surface area contributed by atoms with Gasteiger partial charge in [-0.25, -0.2) is 9.98 Å². The number of aryl methyl sites for hydroxylation is 1. The fraction of sp³-hybridized carbons (Fsp3) is 0.370. The Morgan fingerprint density at radius 1 is 1.38 bits per heavy atom. The number of nitrogens with two attached hydrogens (primary N) is 1. The van der Waals surface area contributed by atoms with Crippen molar-refractivity contribution in [2.75, 3.05) is 19.6 Å². The maximum atomic E-state index is 9.06. The molecule has 0 bridgehead atoms. The SMILES string of the molecule is C=C1CCc2c1ccc(C1CCCN(CC(C=Nc3cc(C)c(C#N)cn3)=CN)C1)c2C. The smallest absolute Gasteiger partial charge is 0.152 e. The summed E-state index contributed by atoms with van der Waals surface area (Å²) in [5.41, 5.74) is 15.5. The monoisotopic (exact) mass is 425 g/mol. The molecule has 4 rings (SSSR count). The number of likely N-dealkylation sites (tertiary alicyclic amines) is 1. The van der Waals surface area contributed by atoms with Crippen molar-refractivity contribution in [3.05, 3.63) is 76.1 Å². The summed E-state index contributed by atoms with van der Waals surface area (Å²) in [6.45, 7) is 11.3. The van der Waals surface area contributed by atoms with Gasteiger partial charge in [0.2, 0.25) is 0 Å². The van der Waals surface area contributed by atoms with Gasteiger partial charge in [-0.05, 0) is 103 Å². The summed E-state index contributed by atoms with van der Waals surface area (Å²) >= 11 is 0. The van der Waals surface area contributed by atoms with Crippen molar-refractivity contribution in [1.82, 2.24) is 9.88 Å². The van der Waals surface area contributed by atoms with Crippen LogP contribution in [0.4, 0.5) is 5.82 Å². The van der Waals surface area contributed by atoms with Crippen LogP contribution in [-0.2, 0) is 6.42 Å². The highest BCUT2D eigenvalue weighted by atomic mass is 15.1. The largest absolute Gasteiger partial charge is 0.404 e. The lowest BCUT2D eigenvalue weighted by Crippen LogP contribution is -2.36. The van der Waals surface area contributed by atoms with E-state index in [2.05, 4.69) is 46.6 Å². The number of rotatable bonds is 5. The summed E-state index contributed by atoms with van der Waals surface area (Å²) < 4.78 is 0. The Balaban J connectivity index is 1.44. The van der Waals surface area contributed by atoms with E-state index >= 15 is 0 Å². The average Bonchev–Trinajstić information content (AvgIpc) is 3.18. The minimum absolute atomic E-state index is 0.543. The van der Waals surface area contributed by atoms with Crippen molar-refractivity contribution in [2.24, 2.45) is 10.7 Å². The fourth-order valence-electron chi connectivity index (χ4n) is 5.01. The maximum absolute atomic E-state index is 9.06. The Bertz CT molecular complexity index is 1140. The van der Waals surface area contributed by atoms with Crippen LogP contribution in [0.2, 0.25) is 0 Å². The molecule has 2 aromatic rings. The molecule has 1 aliphatic heterocycles. The van der Waals surface area contributed by atoms with E-state index in [0.29, 0.717) is 17.3 Å². The lowest BCUT2D eigenvalue weighted by atomic mass is 9.85. The van der Waals surface area contributed by atoms with Gasteiger partial charge in [0, 0.05) is 25.5 Å². The van der Waals surface area contributed by atoms with E-state index in [1.165, 1.54) is 40.7 Å². The van der Waals surface area contributed by atoms with Crippen molar-refractivity contribution in [3.8, 4) is 6.07 Å². The van der Waals surface area contributed by atoms with Crippen molar-refractivity contribution < 1.29 is 0 Å². The topological polar surface area (TPSA) is 78.3 Å². The number of hydrogen-bond donors (Lipinski definition) is 1. The third kappa shape index (κ3) is 4.51. The number of nitriles is 1. The number of allylic oxidation sites excluding steroid dienone is 1. The number of pyridine rings is 1. The number of hydrogen-bond acceptors (Lipinski definition) is 5. The molecule has 5 nitrogen and oxygen atoms in total. The summed E-state index contributed by atoms with van der Waals surface area (Å²) in [7, 11) is 0. The molecule has 1 aromatic carbocycles. The highest BCUT2D eigenvalue weighted by Crippen LogP contribution is 2.38. The van der Waals surface area contributed by atoms with E-state index in [4.69, 9.17) is 11.0 Å². The Kier molecular flexibility index (Phi) is 6.53. The van der Waals surface area contributed by atoms with Gasteiger partial charge in [-0.1, -0.05) is 18.7 Å². The van der Waals surface area contributed by atoms with E-state index in [-0.39, 0.29) is 0 Å². The molecular weight excluding hydrogens is 394 g/mol. The lowest BCUT2D eigenvalue weighted by molar-refractivity contribution is 0.225. The average molecular weight is 426 g/mol. The first-order valence-electron chi connectivity index (χ1n) is 11.3. The number of benzene rings is 1. The third-order valence-corrected chi connectivity index (χ3v) is 6.84. The van der Waals surface area contributed by atoms with E-state index < -0.39 is 0 Å². The van der Waals surface area contributed by atoms with E-state index in [1.807, 2.05) is 13.0 Å². The molecule has 0 spiro atoms. The van der Waals surface area contributed by atoms with Gasteiger partial charge in [0.25, 0.3) is 0 Å². The molecule has 1 atom stereocenters. The molecule has 1 saturated heterocycles. The predicted molar refractivity (Wildman–Crippen MR) is 131 cm³/mol. The highest BCUT2D eigenvalue weighted by molar-refractivity contribution is 5.81. The first kappa shape index (κ1) is 22.0. The molecular formula is C27H31N5. The molecule has 2 N–H and O–H groups in total. The standard InChI is InChI=1S/C27H31N5/c1-18-6-7-26-20(3)25(9-8-24(18)26)22-5-4-10-32(17-22)16-21(12-28)14-30-27-11-19(2)23(13-29)15-31-27/h8-9,11-12,14-15,22H,1,4-7,10,16-17,28H2,2-3H3. The van der Waals surface area contributed by atoms with Crippen LogP contribution in [0.3, 0.4) is 0 Å². The zero-order valence-corrected chi connectivity index (χ0v) is 19.1. The number of aliphatic imine (C=N–C) groups is 1. The van der Waals surface area contributed by atoms with Crippen LogP contribution in [-0.4, -0.2) is 35.7 Å². The maximum Gasteiger partial charge on any atom is 0.152 e. The molecule has 1 aromatic heterocycles. The van der Waals surface area contributed by atoms with E-state index in [9.17, 15) is 0 Å². The number of fused-ring (bicyclic) bond motifs is 1. The van der Waals surface area contributed by atoms with Gasteiger partial charge in [0.15, 0.2) is 5.82 Å². The third-order valence-electron chi connectivity index (χ3n) is 6.84. The van der Waals surface area contributed by atoms with Gasteiger partial charge < -0.3 is 5.73 Å². The molecule has 1 aliphatic carbocycles. The predicted octanol–water partition coefficient (Wildman–Crippen LogP) is 4.95. The summed E-state index contributed by atoms with van der Waals surface area (Å²) in [6, 6.07) is 8.58. The summed E-state index contributed by atoms with van der Waals surface area (Å²) in [6.07, 6.45) is 9.62. The molecule has 164 valence electrons. The van der Waals surface area contributed by atoms with Gasteiger partial charge in [-0.3, -0.25) is 4.90 Å². The first-order valence-corrected chi connectivity index (χ1v) is 11.3. The molecule has 32 heavy (non-hydrogen) atoms. The van der Waals surface area contributed by atoms with Gasteiger partial charge >= 0.3 is 0 Å². The molecule has 5 heteroatoms. The molecule has 0 amide bonds. The molecule has 0 saturated carbocycles. The minimum atomic E-state index is 0.543. The molecule has 1 fully saturated rings. The lowest BCUT2D eigenvalue weighted by Gasteiger charge is -2.34. The quantitative estimate of drug-likeness (QED) is 0.687. The van der Waals surface area contributed by atoms with Crippen LogP contribution in [0.1, 0.15) is 58.6 Å². The number of piperidine rings is 1. The fourth-order valence-corrected chi connectivity index (χ4v) is 5.01. The Morgan fingerprint density at radius 2 is 2.22 bits per heavy atom. The second kappa shape index (κ2) is 9.50. The minimum Gasteiger partial charge on any atom is -0.404 e. The van der Waals surface area contributed by atoms with Crippen molar-refractivity contribution in [2.45, 2.75) is 45.4 Å². The Hall–Kier alpha value is -3.23. The number of nitrogens with zero attached hydrogens (tertiary/aromatic N) is 4. The van der Waals surface area contributed by atoms with E-state index in [0.717, 1.165) is 43.6 Å². The normalized spacial score (nSPS) is 19.3. The van der Waals surface area contributed by atoms with Crippen LogP contribution in [0.5, 0.6) is 0 Å². The highest BCUT2D eigenvalue weighted by Gasteiger charge is 2.26.